The van der Waals surface area contributed by atoms with Crippen molar-refractivity contribution in [3.63, 3.8) is 0 Å². The highest BCUT2D eigenvalue weighted by molar-refractivity contribution is 8.18. The van der Waals surface area contributed by atoms with E-state index in [1.807, 2.05) is 0 Å². The molecule has 1 aromatic rings. The standard InChI is InChI=1S/C12H8ClNO4S2/c13-6-1-2-9-8(5-6)7(3-4-20(9,17)18)10-11(15)14-12(16)19-10/h1-2,5H,3-4H2,(H,14,15,16). The minimum atomic E-state index is -3.37. The van der Waals surface area contributed by atoms with E-state index in [-0.39, 0.29) is 22.0 Å². The number of fused-ring (bicyclic) bond motifs is 1. The number of halogens is 1. The Morgan fingerprint density at radius 1 is 1.25 bits per heavy atom. The first kappa shape index (κ1) is 13.7. The van der Waals surface area contributed by atoms with Crippen molar-refractivity contribution < 1.29 is 18.0 Å². The lowest BCUT2D eigenvalue weighted by molar-refractivity contribution is -0.115. The summed E-state index contributed by atoms with van der Waals surface area (Å²) >= 11 is 6.71. The predicted molar refractivity (Wildman–Crippen MR) is 76.2 cm³/mol. The molecule has 20 heavy (non-hydrogen) atoms. The van der Waals surface area contributed by atoms with Crippen LogP contribution in [0.2, 0.25) is 5.02 Å². The van der Waals surface area contributed by atoms with Crippen LogP contribution >= 0.6 is 23.4 Å². The van der Waals surface area contributed by atoms with Crippen molar-refractivity contribution in [1.29, 1.82) is 0 Å². The number of carbonyl (C=O) groups excluding carboxylic acids is 2. The van der Waals surface area contributed by atoms with E-state index in [0.717, 1.165) is 11.8 Å². The average Bonchev–Trinajstić information content (AvgIpc) is 2.68. The summed E-state index contributed by atoms with van der Waals surface area (Å²) in [6.07, 6.45) is 0.193. The molecule has 0 atom stereocenters. The van der Waals surface area contributed by atoms with Gasteiger partial charge in [0.2, 0.25) is 0 Å². The van der Waals surface area contributed by atoms with Crippen molar-refractivity contribution in [2.45, 2.75) is 11.3 Å². The Labute approximate surface area is 124 Å². The zero-order chi connectivity index (χ0) is 14.5. The molecule has 1 N–H and O–H groups in total. The number of carbonyl (C=O) groups is 2. The Morgan fingerprint density at radius 3 is 2.65 bits per heavy atom. The molecular formula is C12H8ClNO4S2. The van der Waals surface area contributed by atoms with Crippen LogP contribution in [0.15, 0.2) is 28.0 Å². The van der Waals surface area contributed by atoms with Crippen molar-refractivity contribution in [2.75, 3.05) is 5.75 Å². The first-order valence-corrected chi connectivity index (χ1v) is 8.52. The van der Waals surface area contributed by atoms with Crippen LogP contribution in [0, 0.1) is 0 Å². The number of rotatable bonds is 0. The summed E-state index contributed by atoms with van der Waals surface area (Å²) in [5.74, 6) is -0.567. The lowest BCUT2D eigenvalue weighted by Crippen LogP contribution is -2.20. The van der Waals surface area contributed by atoms with Crippen LogP contribution in [0.3, 0.4) is 0 Å². The maximum absolute atomic E-state index is 12.1. The molecule has 2 aliphatic rings. The quantitative estimate of drug-likeness (QED) is 0.738. The highest BCUT2D eigenvalue weighted by atomic mass is 35.5. The maximum atomic E-state index is 12.1. The van der Waals surface area contributed by atoms with Crippen LogP contribution in [-0.4, -0.2) is 25.3 Å². The van der Waals surface area contributed by atoms with Crippen LogP contribution in [0.1, 0.15) is 12.0 Å². The number of imide groups is 1. The van der Waals surface area contributed by atoms with Gasteiger partial charge >= 0.3 is 0 Å². The summed E-state index contributed by atoms with van der Waals surface area (Å²) in [6, 6.07) is 4.46. The summed E-state index contributed by atoms with van der Waals surface area (Å²) < 4.78 is 24.1. The highest BCUT2D eigenvalue weighted by Gasteiger charge is 2.34. The molecule has 5 nitrogen and oxygen atoms in total. The number of amides is 2. The zero-order valence-corrected chi connectivity index (χ0v) is 12.4. The molecule has 1 aromatic carbocycles. The van der Waals surface area contributed by atoms with E-state index in [9.17, 15) is 18.0 Å². The summed E-state index contributed by atoms with van der Waals surface area (Å²) in [5.41, 5.74) is 0.974. The van der Waals surface area contributed by atoms with Gasteiger partial charge in [-0.3, -0.25) is 14.9 Å². The van der Waals surface area contributed by atoms with E-state index in [1.165, 1.54) is 18.2 Å². The maximum Gasteiger partial charge on any atom is 0.290 e. The van der Waals surface area contributed by atoms with Crippen molar-refractivity contribution in [1.82, 2.24) is 5.32 Å². The molecule has 2 heterocycles. The first-order valence-electron chi connectivity index (χ1n) is 5.67. The Balaban J connectivity index is 2.27. The van der Waals surface area contributed by atoms with Crippen LogP contribution in [-0.2, 0) is 14.6 Å². The van der Waals surface area contributed by atoms with Crippen LogP contribution in [0.4, 0.5) is 4.79 Å². The fraction of sp³-hybridized carbons (Fsp3) is 0.167. The largest absolute Gasteiger partial charge is 0.290 e. The molecule has 1 fully saturated rings. The van der Waals surface area contributed by atoms with Gasteiger partial charge in [-0.15, -0.1) is 0 Å². The van der Waals surface area contributed by atoms with Crippen LogP contribution in [0.25, 0.3) is 5.57 Å². The third-order valence-electron chi connectivity index (χ3n) is 3.11. The van der Waals surface area contributed by atoms with Gasteiger partial charge in [-0.05, 0) is 47.5 Å². The molecule has 0 aliphatic carbocycles. The molecular weight excluding hydrogens is 322 g/mol. The second-order valence-electron chi connectivity index (χ2n) is 4.36. The van der Waals surface area contributed by atoms with Crippen molar-refractivity contribution in [3.8, 4) is 0 Å². The number of hydrogen-bond donors (Lipinski definition) is 1. The van der Waals surface area contributed by atoms with Crippen LogP contribution in [0.5, 0.6) is 0 Å². The fourth-order valence-electron chi connectivity index (χ4n) is 2.24. The normalized spacial score (nSPS) is 24.4. The average molecular weight is 330 g/mol. The fourth-order valence-corrected chi connectivity index (χ4v) is 4.70. The minimum absolute atomic E-state index is 0.0809. The molecule has 1 saturated heterocycles. The smallest absolute Gasteiger partial charge is 0.282 e. The predicted octanol–water partition coefficient (Wildman–Crippen LogP) is 2.21. The molecule has 104 valence electrons. The van der Waals surface area contributed by atoms with E-state index in [1.54, 1.807) is 0 Å². The van der Waals surface area contributed by atoms with E-state index in [4.69, 9.17) is 11.6 Å². The van der Waals surface area contributed by atoms with Gasteiger partial charge in [0.25, 0.3) is 11.1 Å². The van der Waals surface area contributed by atoms with Crippen LogP contribution < -0.4 is 5.32 Å². The van der Waals surface area contributed by atoms with Crippen molar-refractivity contribution in [3.05, 3.63) is 33.7 Å². The van der Waals surface area contributed by atoms with E-state index >= 15 is 0 Å². The zero-order valence-electron chi connectivity index (χ0n) is 9.97. The second-order valence-corrected chi connectivity index (χ2v) is 7.86. The second kappa shape index (κ2) is 4.61. The third kappa shape index (κ3) is 2.15. The van der Waals surface area contributed by atoms with Gasteiger partial charge in [0.15, 0.2) is 9.84 Å². The number of nitrogens with one attached hydrogen (secondary N) is 1. The number of thioether (sulfide) groups is 1. The number of hydrogen-bond acceptors (Lipinski definition) is 5. The van der Waals surface area contributed by atoms with Gasteiger partial charge in [-0.2, -0.15) is 0 Å². The Bertz CT molecular complexity index is 783. The Kier molecular flexibility index (Phi) is 3.15. The first-order chi connectivity index (χ1) is 9.38. The summed E-state index contributed by atoms with van der Waals surface area (Å²) in [4.78, 5) is 23.4. The van der Waals surface area contributed by atoms with Crippen molar-refractivity contribution in [2.24, 2.45) is 0 Å². The monoisotopic (exact) mass is 329 g/mol. The molecule has 8 heteroatoms. The molecule has 0 bridgehead atoms. The van der Waals surface area contributed by atoms with Gasteiger partial charge in [0.1, 0.15) is 0 Å². The summed E-state index contributed by atoms with van der Waals surface area (Å²) in [6.45, 7) is 0. The van der Waals surface area contributed by atoms with E-state index in [0.29, 0.717) is 16.2 Å². The Hall–Kier alpha value is -1.31. The summed E-state index contributed by atoms with van der Waals surface area (Å²) in [5, 5.41) is 2.11. The molecule has 0 spiro atoms. The number of sulfone groups is 1. The number of benzene rings is 1. The molecule has 0 saturated carbocycles. The molecule has 0 unspecified atom stereocenters. The van der Waals surface area contributed by atoms with E-state index in [2.05, 4.69) is 5.32 Å². The molecule has 2 amide bonds. The lowest BCUT2D eigenvalue weighted by Gasteiger charge is -2.20. The minimum Gasteiger partial charge on any atom is -0.282 e. The van der Waals surface area contributed by atoms with Gasteiger partial charge in [-0.1, -0.05) is 11.6 Å². The molecule has 2 aliphatic heterocycles. The lowest BCUT2D eigenvalue weighted by atomic mass is 10.0. The summed E-state index contributed by atoms with van der Waals surface area (Å²) in [7, 11) is -3.37. The molecule has 0 aromatic heterocycles. The van der Waals surface area contributed by atoms with Gasteiger partial charge in [0, 0.05) is 5.02 Å². The Morgan fingerprint density at radius 2 is 2.00 bits per heavy atom. The van der Waals surface area contributed by atoms with Gasteiger partial charge < -0.3 is 0 Å². The van der Waals surface area contributed by atoms with Crippen molar-refractivity contribution >= 4 is 49.9 Å². The van der Waals surface area contributed by atoms with Gasteiger partial charge in [0.05, 0.1) is 15.6 Å². The SMILES string of the molecule is O=C1NC(=O)C(=C2CCS(=O)(=O)c3ccc(Cl)cc32)S1. The molecule has 0 radical (unpaired) electrons. The molecule has 3 rings (SSSR count). The highest BCUT2D eigenvalue weighted by Crippen LogP contribution is 2.40. The topological polar surface area (TPSA) is 80.3 Å². The third-order valence-corrected chi connectivity index (χ3v) is 6.04. The van der Waals surface area contributed by atoms with Gasteiger partial charge in [-0.25, -0.2) is 8.42 Å². The van der Waals surface area contributed by atoms with E-state index < -0.39 is 21.0 Å². The number of allylic oxidation sites excluding steroid dienone is 1.